The van der Waals surface area contributed by atoms with Gasteiger partial charge in [0, 0.05) is 18.4 Å². The number of phenols is 1. The van der Waals surface area contributed by atoms with Crippen molar-refractivity contribution in [1.82, 2.24) is 5.32 Å². The number of phenolic OH excluding ortho intramolecular Hbond substituents is 1. The smallest absolute Gasteiger partial charge is 0.306 e. The second kappa shape index (κ2) is 9.22. The van der Waals surface area contributed by atoms with Crippen molar-refractivity contribution in [2.75, 3.05) is 6.54 Å². The number of carbonyl (C=O) groups excluding carboxylic acids is 2. The Labute approximate surface area is 185 Å². The van der Waals surface area contributed by atoms with Gasteiger partial charge in [-0.15, -0.1) is 0 Å². The van der Waals surface area contributed by atoms with Crippen LogP contribution in [-0.4, -0.2) is 29.6 Å². The fourth-order valence-corrected chi connectivity index (χ4v) is 6.64. The van der Waals surface area contributed by atoms with Gasteiger partial charge in [0.05, 0.1) is 6.42 Å². The number of nitrogens with one attached hydrogen (secondary N) is 1. The number of ether oxygens (including phenoxy) is 1. The lowest BCUT2D eigenvalue weighted by atomic mass is 9.55. The maximum absolute atomic E-state index is 12.5. The molecule has 3 aliphatic carbocycles. The highest BCUT2D eigenvalue weighted by Crippen LogP contribution is 2.61. The lowest BCUT2D eigenvalue weighted by molar-refractivity contribution is -0.158. The lowest BCUT2D eigenvalue weighted by Crippen LogP contribution is -2.45. The number of unbranched alkanes of at least 4 members (excludes halogenated alkanes) is 1. The van der Waals surface area contributed by atoms with E-state index in [4.69, 9.17) is 4.74 Å². The Hall–Kier alpha value is -2.04. The zero-order chi connectivity index (χ0) is 22.0. The number of esters is 1. The minimum atomic E-state index is -0.232. The molecule has 1 aromatic rings. The lowest BCUT2D eigenvalue weighted by Gasteiger charge is -2.50. The van der Waals surface area contributed by atoms with Gasteiger partial charge in [0.2, 0.25) is 5.91 Å². The molecule has 3 aliphatic rings. The first-order valence-corrected chi connectivity index (χ1v) is 12.2. The number of rotatable bonds is 7. The molecule has 5 heteroatoms. The molecule has 170 valence electrons. The van der Waals surface area contributed by atoms with Gasteiger partial charge in [-0.1, -0.05) is 26.3 Å². The Morgan fingerprint density at radius 1 is 1.19 bits per heavy atom. The van der Waals surface area contributed by atoms with Gasteiger partial charge in [-0.05, 0) is 86.0 Å². The summed E-state index contributed by atoms with van der Waals surface area (Å²) in [7, 11) is 0. The highest BCUT2D eigenvalue weighted by molar-refractivity contribution is 5.81. The molecule has 1 aromatic carbocycles. The predicted octanol–water partition coefficient (Wildman–Crippen LogP) is 4.86. The standard InChI is InChI=1S/C26H37NO4/c1-3-4-15-27-24(29)11-12-25(30)31-23-10-9-22-21-7-5-17-16-18(28)6-8-19(17)20(21)13-14-26(22,23)2/h6,8,16,20-23,28H,3-5,7,9-15H2,1-2H3,(H,27,29). The van der Waals surface area contributed by atoms with Crippen LogP contribution in [0.25, 0.3) is 0 Å². The number of fused-ring (bicyclic) bond motifs is 5. The molecule has 31 heavy (non-hydrogen) atoms. The fourth-order valence-electron chi connectivity index (χ4n) is 6.64. The van der Waals surface area contributed by atoms with Gasteiger partial charge in [-0.3, -0.25) is 9.59 Å². The number of hydrogen-bond donors (Lipinski definition) is 2. The predicted molar refractivity (Wildman–Crippen MR) is 120 cm³/mol. The molecular weight excluding hydrogens is 390 g/mol. The quantitative estimate of drug-likeness (QED) is 0.481. The Kier molecular flexibility index (Phi) is 6.59. The van der Waals surface area contributed by atoms with Crippen molar-refractivity contribution in [2.45, 2.75) is 90.1 Å². The second-order valence-corrected chi connectivity index (χ2v) is 10.1. The van der Waals surface area contributed by atoms with E-state index in [1.54, 1.807) is 0 Å². The SMILES string of the molecule is CCCCNC(=O)CCC(=O)OC1CCC2C3CCc4cc(O)ccc4C3CCC12C. The molecule has 2 saturated carbocycles. The monoisotopic (exact) mass is 427 g/mol. The largest absolute Gasteiger partial charge is 0.508 e. The van der Waals surface area contributed by atoms with Crippen LogP contribution in [0.15, 0.2) is 18.2 Å². The molecule has 0 saturated heterocycles. The summed E-state index contributed by atoms with van der Waals surface area (Å²) in [6.07, 6.45) is 8.75. The van der Waals surface area contributed by atoms with Crippen LogP contribution in [0.2, 0.25) is 0 Å². The van der Waals surface area contributed by atoms with Crippen molar-refractivity contribution in [3.05, 3.63) is 29.3 Å². The van der Waals surface area contributed by atoms with Crippen molar-refractivity contribution in [1.29, 1.82) is 0 Å². The topological polar surface area (TPSA) is 75.6 Å². The molecule has 0 spiro atoms. The minimum absolute atomic E-state index is 0.0321. The Morgan fingerprint density at radius 3 is 2.84 bits per heavy atom. The summed E-state index contributed by atoms with van der Waals surface area (Å²) in [6, 6.07) is 5.89. The van der Waals surface area contributed by atoms with Gasteiger partial charge in [-0.25, -0.2) is 0 Å². The first-order valence-electron chi connectivity index (χ1n) is 12.2. The molecule has 5 unspecified atom stereocenters. The second-order valence-electron chi connectivity index (χ2n) is 10.1. The van der Waals surface area contributed by atoms with E-state index in [0.717, 1.165) is 51.4 Å². The summed E-state index contributed by atoms with van der Waals surface area (Å²) in [5.74, 6) is 1.83. The summed E-state index contributed by atoms with van der Waals surface area (Å²) in [6.45, 7) is 5.09. The van der Waals surface area contributed by atoms with E-state index in [9.17, 15) is 14.7 Å². The molecule has 0 radical (unpaired) electrons. The molecule has 1 amide bonds. The van der Waals surface area contributed by atoms with E-state index in [-0.39, 0.29) is 36.2 Å². The van der Waals surface area contributed by atoms with Crippen molar-refractivity contribution in [2.24, 2.45) is 17.3 Å². The van der Waals surface area contributed by atoms with Gasteiger partial charge in [0.15, 0.2) is 0 Å². The van der Waals surface area contributed by atoms with Gasteiger partial charge < -0.3 is 15.2 Å². The highest BCUT2D eigenvalue weighted by atomic mass is 16.5. The maximum atomic E-state index is 12.5. The van der Waals surface area contributed by atoms with Crippen LogP contribution < -0.4 is 5.32 Å². The third-order valence-electron chi connectivity index (χ3n) is 8.31. The van der Waals surface area contributed by atoms with Crippen molar-refractivity contribution in [3.8, 4) is 5.75 Å². The molecule has 0 aromatic heterocycles. The number of benzene rings is 1. The van der Waals surface area contributed by atoms with Crippen molar-refractivity contribution >= 4 is 11.9 Å². The molecule has 2 fully saturated rings. The third-order valence-corrected chi connectivity index (χ3v) is 8.31. The van der Waals surface area contributed by atoms with Gasteiger partial charge in [0.25, 0.3) is 0 Å². The van der Waals surface area contributed by atoms with Crippen LogP contribution in [0.5, 0.6) is 5.75 Å². The number of hydrogen-bond acceptors (Lipinski definition) is 4. The van der Waals surface area contributed by atoms with Gasteiger partial charge in [-0.2, -0.15) is 0 Å². The molecule has 0 heterocycles. The first-order chi connectivity index (χ1) is 14.9. The Morgan fingerprint density at radius 2 is 2.03 bits per heavy atom. The van der Waals surface area contributed by atoms with Crippen molar-refractivity contribution in [3.63, 3.8) is 0 Å². The van der Waals surface area contributed by atoms with Crippen molar-refractivity contribution < 1.29 is 19.4 Å². The Bertz CT molecular complexity index is 822. The summed E-state index contributed by atoms with van der Waals surface area (Å²) in [5, 5.41) is 12.7. The number of carbonyl (C=O) groups is 2. The molecule has 2 N–H and O–H groups in total. The maximum Gasteiger partial charge on any atom is 0.306 e. The van der Waals surface area contributed by atoms with Crippen LogP contribution >= 0.6 is 0 Å². The normalized spacial score (nSPS) is 31.3. The third kappa shape index (κ3) is 4.47. The van der Waals surface area contributed by atoms with Gasteiger partial charge >= 0.3 is 5.97 Å². The average molecular weight is 428 g/mol. The van der Waals surface area contributed by atoms with E-state index in [2.05, 4.69) is 25.2 Å². The van der Waals surface area contributed by atoms with Gasteiger partial charge in [0.1, 0.15) is 11.9 Å². The number of aromatic hydroxyl groups is 1. The average Bonchev–Trinajstić information content (AvgIpc) is 3.08. The van der Waals surface area contributed by atoms with E-state index < -0.39 is 0 Å². The molecule has 0 aliphatic heterocycles. The Balaban J connectivity index is 1.35. The van der Waals surface area contributed by atoms with Crippen LogP contribution in [0.4, 0.5) is 0 Å². The molecule has 5 nitrogen and oxygen atoms in total. The highest BCUT2D eigenvalue weighted by Gasteiger charge is 2.56. The molecule has 0 bridgehead atoms. The van der Waals surface area contributed by atoms with E-state index in [1.165, 1.54) is 11.1 Å². The van der Waals surface area contributed by atoms with E-state index in [1.807, 2.05) is 12.1 Å². The zero-order valence-electron chi connectivity index (χ0n) is 19.0. The number of aryl methyl sites for hydroxylation is 1. The van der Waals surface area contributed by atoms with E-state index in [0.29, 0.717) is 30.0 Å². The summed E-state index contributed by atoms with van der Waals surface area (Å²) >= 11 is 0. The van der Waals surface area contributed by atoms with E-state index >= 15 is 0 Å². The first kappa shape index (κ1) is 22.2. The molecule has 4 rings (SSSR count). The van der Waals surface area contributed by atoms with Crippen LogP contribution in [-0.2, 0) is 20.7 Å². The number of amides is 1. The van der Waals surface area contributed by atoms with Crippen LogP contribution in [0.3, 0.4) is 0 Å². The fraction of sp³-hybridized carbons (Fsp3) is 0.692. The minimum Gasteiger partial charge on any atom is -0.508 e. The van der Waals surface area contributed by atoms with Crippen LogP contribution in [0.1, 0.15) is 88.7 Å². The summed E-state index contributed by atoms with van der Waals surface area (Å²) in [5.41, 5.74) is 2.77. The summed E-state index contributed by atoms with van der Waals surface area (Å²) in [4.78, 5) is 24.4. The van der Waals surface area contributed by atoms with Crippen LogP contribution in [0, 0.1) is 17.3 Å². The molecule has 5 atom stereocenters. The zero-order valence-corrected chi connectivity index (χ0v) is 19.0. The summed E-state index contributed by atoms with van der Waals surface area (Å²) < 4.78 is 5.97. The molecular formula is C26H37NO4.